The van der Waals surface area contributed by atoms with Gasteiger partial charge in [0.2, 0.25) is 0 Å². The molecule has 6 heteroatoms. The van der Waals surface area contributed by atoms with E-state index < -0.39 is 5.97 Å². The molecule has 0 saturated carbocycles. The van der Waals surface area contributed by atoms with Gasteiger partial charge in [-0.25, -0.2) is 4.79 Å². The van der Waals surface area contributed by atoms with E-state index in [1.165, 1.54) is 6.07 Å². The molecule has 1 aromatic heterocycles. The first-order valence-electron chi connectivity index (χ1n) is 5.83. The van der Waals surface area contributed by atoms with Crippen LogP contribution in [0.25, 0.3) is 0 Å². The number of rotatable bonds is 4. The van der Waals surface area contributed by atoms with Gasteiger partial charge in [-0.3, -0.25) is 4.68 Å². The number of hydrogen-bond donors (Lipinski definition) is 3. The van der Waals surface area contributed by atoms with Crippen molar-refractivity contribution in [2.24, 2.45) is 7.05 Å². The minimum Gasteiger partial charge on any atom is -0.478 e. The molecule has 19 heavy (non-hydrogen) atoms. The van der Waals surface area contributed by atoms with Crippen LogP contribution in [-0.2, 0) is 13.6 Å². The van der Waals surface area contributed by atoms with E-state index in [0.29, 0.717) is 6.54 Å². The Balaban J connectivity index is 2.14. The number of aromatic nitrogens is 2. The molecule has 2 rings (SSSR count). The molecule has 0 bridgehead atoms. The number of nitrogens with two attached hydrogens (primary N) is 1. The Bertz CT molecular complexity index is 619. The molecule has 4 N–H and O–H groups in total. The maximum absolute atomic E-state index is 11.0. The molecule has 0 saturated heterocycles. The molecule has 0 fully saturated rings. The fourth-order valence-corrected chi connectivity index (χ4v) is 1.87. The summed E-state index contributed by atoms with van der Waals surface area (Å²) in [6.45, 7) is 2.52. The average Bonchev–Trinajstić information content (AvgIpc) is 2.66. The van der Waals surface area contributed by atoms with Crippen LogP contribution in [0.1, 0.15) is 21.6 Å². The van der Waals surface area contributed by atoms with Crippen LogP contribution in [0.4, 0.5) is 11.4 Å². The standard InChI is InChI=1S/C13H16N4O2/c1-8-9(7-17(2)16-8)6-15-10-3-4-12(14)11(5-10)13(18)19/h3-5,7,15H,6,14H2,1-2H3,(H,18,19). The number of aromatic carboxylic acids is 1. The quantitative estimate of drug-likeness (QED) is 0.726. The van der Waals surface area contributed by atoms with Crippen molar-refractivity contribution in [1.82, 2.24) is 9.78 Å². The largest absolute Gasteiger partial charge is 0.478 e. The van der Waals surface area contributed by atoms with E-state index >= 15 is 0 Å². The molecule has 0 spiro atoms. The summed E-state index contributed by atoms with van der Waals surface area (Å²) in [5.41, 5.74) is 8.70. The number of aryl methyl sites for hydroxylation is 2. The summed E-state index contributed by atoms with van der Waals surface area (Å²) in [5.74, 6) is -1.03. The van der Waals surface area contributed by atoms with E-state index in [2.05, 4.69) is 10.4 Å². The Labute approximate surface area is 110 Å². The number of anilines is 2. The molecule has 0 aliphatic rings. The molecule has 6 nitrogen and oxygen atoms in total. The molecule has 0 aliphatic carbocycles. The number of nitrogens with one attached hydrogen (secondary N) is 1. The number of carboxylic acids is 1. The molecule has 0 radical (unpaired) electrons. The third-order valence-corrected chi connectivity index (χ3v) is 2.88. The van der Waals surface area contributed by atoms with Crippen LogP contribution in [0.2, 0.25) is 0 Å². The number of carbonyl (C=O) groups is 1. The fraction of sp³-hybridized carbons (Fsp3) is 0.231. The van der Waals surface area contributed by atoms with E-state index in [4.69, 9.17) is 10.8 Å². The van der Waals surface area contributed by atoms with Crippen molar-refractivity contribution in [2.75, 3.05) is 11.1 Å². The van der Waals surface area contributed by atoms with Crippen LogP contribution in [-0.4, -0.2) is 20.9 Å². The SMILES string of the molecule is Cc1nn(C)cc1CNc1ccc(N)c(C(=O)O)c1. The van der Waals surface area contributed by atoms with Gasteiger partial charge in [0.25, 0.3) is 0 Å². The minimum absolute atomic E-state index is 0.105. The van der Waals surface area contributed by atoms with Gasteiger partial charge in [-0.05, 0) is 25.1 Å². The van der Waals surface area contributed by atoms with E-state index in [9.17, 15) is 4.79 Å². The van der Waals surface area contributed by atoms with Gasteiger partial charge in [0.1, 0.15) is 0 Å². The van der Waals surface area contributed by atoms with Gasteiger partial charge >= 0.3 is 5.97 Å². The van der Waals surface area contributed by atoms with E-state index in [1.807, 2.05) is 20.2 Å². The Morgan fingerprint density at radius 2 is 2.26 bits per heavy atom. The summed E-state index contributed by atoms with van der Waals surface area (Å²) in [4.78, 5) is 11.0. The lowest BCUT2D eigenvalue weighted by Crippen LogP contribution is -2.05. The lowest BCUT2D eigenvalue weighted by atomic mass is 10.1. The molecule has 0 atom stereocenters. The van der Waals surface area contributed by atoms with Crippen molar-refractivity contribution < 1.29 is 9.90 Å². The Morgan fingerprint density at radius 1 is 1.53 bits per heavy atom. The molecule has 100 valence electrons. The number of benzene rings is 1. The van der Waals surface area contributed by atoms with Crippen LogP contribution in [0.3, 0.4) is 0 Å². The summed E-state index contributed by atoms with van der Waals surface area (Å²) >= 11 is 0. The van der Waals surface area contributed by atoms with Gasteiger partial charge in [-0.2, -0.15) is 5.10 Å². The number of nitrogen functional groups attached to an aromatic ring is 1. The maximum Gasteiger partial charge on any atom is 0.337 e. The highest BCUT2D eigenvalue weighted by molar-refractivity contribution is 5.94. The zero-order chi connectivity index (χ0) is 14.0. The van der Waals surface area contributed by atoms with Gasteiger partial charge in [-0.1, -0.05) is 0 Å². The Kier molecular flexibility index (Phi) is 3.41. The average molecular weight is 260 g/mol. The van der Waals surface area contributed by atoms with Crippen molar-refractivity contribution in [3.05, 3.63) is 41.2 Å². The second-order valence-corrected chi connectivity index (χ2v) is 4.37. The summed E-state index contributed by atoms with van der Waals surface area (Å²) in [7, 11) is 1.86. The lowest BCUT2D eigenvalue weighted by Gasteiger charge is -2.08. The van der Waals surface area contributed by atoms with E-state index in [-0.39, 0.29) is 11.3 Å². The zero-order valence-corrected chi connectivity index (χ0v) is 10.8. The van der Waals surface area contributed by atoms with Crippen LogP contribution < -0.4 is 11.1 Å². The molecular formula is C13H16N4O2. The van der Waals surface area contributed by atoms with Gasteiger partial charge in [0.15, 0.2) is 0 Å². The second kappa shape index (κ2) is 5.01. The number of hydrogen-bond acceptors (Lipinski definition) is 4. The predicted molar refractivity (Wildman–Crippen MR) is 73.1 cm³/mol. The Morgan fingerprint density at radius 3 is 2.84 bits per heavy atom. The summed E-state index contributed by atoms with van der Waals surface area (Å²) in [6.07, 6.45) is 1.93. The summed E-state index contributed by atoms with van der Waals surface area (Å²) in [5, 5.41) is 16.4. The van der Waals surface area contributed by atoms with Crippen LogP contribution in [0.5, 0.6) is 0 Å². The zero-order valence-electron chi connectivity index (χ0n) is 10.8. The summed E-state index contributed by atoms with van der Waals surface area (Å²) in [6, 6.07) is 4.87. The van der Waals surface area contributed by atoms with Gasteiger partial charge < -0.3 is 16.2 Å². The number of carboxylic acid groups (broad SMARTS) is 1. The smallest absolute Gasteiger partial charge is 0.337 e. The highest BCUT2D eigenvalue weighted by Gasteiger charge is 2.09. The highest BCUT2D eigenvalue weighted by Crippen LogP contribution is 2.19. The first-order chi connectivity index (χ1) is 8.97. The number of nitrogens with zero attached hydrogens (tertiary/aromatic N) is 2. The lowest BCUT2D eigenvalue weighted by molar-refractivity contribution is 0.0698. The van der Waals surface area contributed by atoms with Gasteiger partial charge in [0, 0.05) is 36.7 Å². The van der Waals surface area contributed by atoms with Crippen molar-refractivity contribution in [3.8, 4) is 0 Å². The Hall–Kier alpha value is -2.50. The van der Waals surface area contributed by atoms with E-state index in [1.54, 1.807) is 16.8 Å². The van der Waals surface area contributed by atoms with Crippen LogP contribution in [0, 0.1) is 6.92 Å². The fourth-order valence-electron chi connectivity index (χ4n) is 1.87. The van der Waals surface area contributed by atoms with Gasteiger partial charge in [0.05, 0.1) is 11.3 Å². The predicted octanol–water partition coefficient (Wildman–Crippen LogP) is 1.62. The topological polar surface area (TPSA) is 93.2 Å². The summed E-state index contributed by atoms with van der Waals surface area (Å²) < 4.78 is 1.75. The minimum atomic E-state index is -1.03. The van der Waals surface area contributed by atoms with Crippen molar-refractivity contribution in [3.63, 3.8) is 0 Å². The third-order valence-electron chi connectivity index (χ3n) is 2.88. The van der Waals surface area contributed by atoms with Crippen LogP contribution in [0.15, 0.2) is 24.4 Å². The molecular weight excluding hydrogens is 244 g/mol. The van der Waals surface area contributed by atoms with Crippen molar-refractivity contribution >= 4 is 17.3 Å². The van der Waals surface area contributed by atoms with Crippen molar-refractivity contribution in [2.45, 2.75) is 13.5 Å². The molecule has 1 aromatic carbocycles. The van der Waals surface area contributed by atoms with Gasteiger partial charge in [-0.15, -0.1) is 0 Å². The normalized spacial score (nSPS) is 10.4. The molecule has 1 heterocycles. The molecule has 2 aromatic rings. The molecule has 0 aliphatic heterocycles. The maximum atomic E-state index is 11.0. The monoisotopic (exact) mass is 260 g/mol. The van der Waals surface area contributed by atoms with E-state index in [0.717, 1.165) is 16.9 Å². The molecule has 0 unspecified atom stereocenters. The third kappa shape index (κ3) is 2.85. The molecule has 0 amide bonds. The van der Waals surface area contributed by atoms with Crippen molar-refractivity contribution in [1.29, 1.82) is 0 Å². The second-order valence-electron chi connectivity index (χ2n) is 4.37. The van der Waals surface area contributed by atoms with Crippen LogP contribution >= 0.6 is 0 Å². The first kappa shape index (κ1) is 12.9. The first-order valence-corrected chi connectivity index (χ1v) is 5.83. The highest BCUT2D eigenvalue weighted by atomic mass is 16.4.